The zero-order valence-electron chi connectivity index (χ0n) is 10.9. The van der Waals surface area contributed by atoms with Gasteiger partial charge in [0.1, 0.15) is 0 Å². The van der Waals surface area contributed by atoms with Crippen molar-refractivity contribution in [3.8, 4) is 0 Å². The molecule has 2 heterocycles. The van der Waals surface area contributed by atoms with Crippen molar-refractivity contribution in [2.45, 2.75) is 13.3 Å². The first kappa shape index (κ1) is 12.7. The molecule has 1 aromatic heterocycles. The molecule has 98 valence electrons. The number of nitrogens with zero attached hydrogens (tertiary/aromatic N) is 3. The van der Waals surface area contributed by atoms with Crippen LogP contribution in [0.25, 0.3) is 0 Å². The van der Waals surface area contributed by atoms with E-state index in [2.05, 4.69) is 0 Å². The number of carbonyl (C=O) groups is 2. The van der Waals surface area contributed by atoms with E-state index in [0.29, 0.717) is 38.2 Å². The van der Waals surface area contributed by atoms with E-state index >= 15 is 0 Å². The molecule has 1 saturated heterocycles. The maximum atomic E-state index is 12.2. The fourth-order valence-electron chi connectivity index (χ4n) is 2.19. The highest BCUT2D eigenvalue weighted by Gasteiger charge is 2.24. The van der Waals surface area contributed by atoms with Gasteiger partial charge in [0.05, 0.1) is 5.56 Å². The Kier molecular flexibility index (Phi) is 3.69. The van der Waals surface area contributed by atoms with Crippen LogP contribution in [0.3, 0.4) is 0 Å². The van der Waals surface area contributed by atoms with Gasteiger partial charge < -0.3 is 14.4 Å². The third kappa shape index (κ3) is 2.55. The maximum Gasteiger partial charge on any atom is 0.255 e. The standard InChI is InChI=1S/C13H19N3O2/c1-3-12(17)15-6-8-16(9-7-15)13(18)11-4-5-14(2)10-11/h4-5,10H,3,6-9H2,1-2H3. The van der Waals surface area contributed by atoms with Crippen molar-refractivity contribution in [3.05, 3.63) is 24.0 Å². The lowest BCUT2D eigenvalue weighted by atomic mass is 10.2. The third-order valence-electron chi connectivity index (χ3n) is 3.30. The van der Waals surface area contributed by atoms with Crippen LogP contribution in [-0.4, -0.2) is 52.4 Å². The van der Waals surface area contributed by atoms with Gasteiger partial charge in [-0.25, -0.2) is 0 Å². The first-order valence-electron chi connectivity index (χ1n) is 6.31. The molecule has 2 rings (SSSR count). The van der Waals surface area contributed by atoms with Gasteiger partial charge in [-0.3, -0.25) is 9.59 Å². The average Bonchev–Trinajstić information content (AvgIpc) is 2.84. The molecule has 1 aliphatic heterocycles. The molecule has 0 aromatic carbocycles. The summed E-state index contributed by atoms with van der Waals surface area (Å²) in [7, 11) is 1.90. The zero-order valence-corrected chi connectivity index (χ0v) is 10.9. The van der Waals surface area contributed by atoms with Crippen molar-refractivity contribution in [3.63, 3.8) is 0 Å². The Balaban J connectivity index is 1.94. The Bertz CT molecular complexity index is 445. The number of hydrogen-bond donors (Lipinski definition) is 0. The number of piperazine rings is 1. The van der Waals surface area contributed by atoms with Gasteiger partial charge >= 0.3 is 0 Å². The van der Waals surface area contributed by atoms with Gasteiger partial charge in [0.25, 0.3) is 5.91 Å². The molecule has 18 heavy (non-hydrogen) atoms. The Labute approximate surface area is 107 Å². The fourth-order valence-corrected chi connectivity index (χ4v) is 2.19. The van der Waals surface area contributed by atoms with Crippen LogP contribution in [0.1, 0.15) is 23.7 Å². The molecule has 0 N–H and O–H groups in total. The van der Waals surface area contributed by atoms with Crippen molar-refractivity contribution in [1.82, 2.24) is 14.4 Å². The smallest absolute Gasteiger partial charge is 0.255 e. The molecule has 0 radical (unpaired) electrons. The van der Waals surface area contributed by atoms with Crippen LogP contribution in [-0.2, 0) is 11.8 Å². The van der Waals surface area contributed by atoms with E-state index in [1.807, 2.05) is 46.8 Å². The van der Waals surface area contributed by atoms with E-state index in [-0.39, 0.29) is 11.8 Å². The van der Waals surface area contributed by atoms with Gasteiger partial charge in [-0.15, -0.1) is 0 Å². The fraction of sp³-hybridized carbons (Fsp3) is 0.538. The van der Waals surface area contributed by atoms with E-state index in [0.717, 1.165) is 0 Å². The van der Waals surface area contributed by atoms with E-state index in [4.69, 9.17) is 0 Å². The van der Waals surface area contributed by atoms with Crippen LogP contribution in [0, 0.1) is 0 Å². The minimum Gasteiger partial charge on any atom is -0.356 e. The lowest BCUT2D eigenvalue weighted by Crippen LogP contribution is -2.50. The molecule has 0 aliphatic carbocycles. The normalized spacial score (nSPS) is 15.9. The van der Waals surface area contributed by atoms with Gasteiger partial charge in [-0.1, -0.05) is 6.92 Å². The molecule has 5 heteroatoms. The molecule has 1 aliphatic rings. The highest BCUT2D eigenvalue weighted by molar-refractivity contribution is 5.94. The van der Waals surface area contributed by atoms with E-state index in [1.165, 1.54) is 0 Å². The minimum atomic E-state index is 0.0548. The van der Waals surface area contributed by atoms with Crippen LogP contribution >= 0.6 is 0 Å². The van der Waals surface area contributed by atoms with Gasteiger partial charge in [0.2, 0.25) is 5.91 Å². The molecular weight excluding hydrogens is 230 g/mol. The molecular formula is C13H19N3O2. The minimum absolute atomic E-state index is 0.0548. The van der Waals surface area contributed by atoms with Gasteiger partial charge in [-0.2, -0.15) is 0 Å². The summed E-state index contributed by atoms with van der Waals surface area (Å²) in [6.07, 6.45) is 4.22. The Morgan fingerprint density at radius 2 is 1.78 bits per heavy atom. The quantitative estimate of drug-likeness (QED) is 0.775. The van der Waals surface area contributed by atoms with Crippen molar-refractivity contribution >= 4 is 11.8 Å². The highest BCUT2D eigenvalue weighted by atomic mass is 16.2. The lowest BCUT2D eigenvalue weighted by Gasteiger charge is -2.34. The summed E-state index contributed by atoms with van der Waals surface area (Å²) in [5.41, 5.74) is 0.716. The maximum absolute atomic E-state index is 12.2. The molecule has 0 atom stereocenters. The topological polar surface area (TPSA) is 45.6 Å². The van der Waals surface area contributed by atoms with Crippen LogP contribution in [0.2, 0.25) is 0 Å². The van der Waals surface area contributed by atoms with Gasteiger partial charge in [-0.05, 0) is 6.07 Å². The van der Waals surface area contributed by atoms with Crippen molar-refractivity contribution in [2.24, 2.45) is 7.05 Å². The number of carbonyl (C=O) groups excluding carboxylic acids is 2. The summed E-state index contributed by atoms with van der Waals surface area (Å²) in [4.78, 5) is 27.3. The van der Waals surface area contributed by atoms with Crippen molar-refractivity contribution in [1.29, 1.82) is 0 Å². The van der Waals surface area contributed by atoms with Crippen LogP contribution < -0.4 is 0 Å². The average molecular weight is 249 g/mol. The second-order valence-electron chi connectivity index (χ2n) is 4.59. The summed E-state index contributed by atoms with van der Waals surface area (Å²) >= 11 is 0. The first-order valence-corrected chi connectivity index (χ1v) is 6.31. The van der Waals surface area contributed by atoms with E-state index in [9.17, 15) is 9.59 Å². The summed E-state index contributed by atoms with van der Waals surface area (Å²) < 4.78 is 1.87. The largest absolute Gasteiger partial charge is 0.356 e. The van der Waals surface area contributed by atoms with Crippen molar-refractivity contribution in [2.75, 3.05) is 26.2 Å². The molecule has 2 amide bonds. The molecule has 1 fully saturated rings. The number of aromatic nitrogens is 1. The predicted molar refractivity (Wildman–Crippen MR) is 68.2 cm³/mol. The number of aryl methyl sites for hydroxylation is 1. The molecule has 0 spiro atoms. The number of amides is 2. The van der Waals surface area contributed by atoms with Crippen LogP contribution in [0.4, 0.5) is 0 Å². The first-order chi connectivity index (χ1) is 8.61. The van der Waals surface area contributed by atoms with Gasteiger partial charge in [0.15, 0.2) is 0 Å². The summed E-state index contributed by atoms with van der Waals surface area (Å²) in [6.45, 7) is 4.40. The number of rotatable bonds is 2. The monoisotopic (exact) mass is 249 g/mol. The molecule has 0 saturated carbocycles. The van der Waals surface area contributed by atoms with E-state index in [1.54, 1.807) is 0 Å². The van der Waals surface area contributed by atoms with Crippen molar-refractivity contribution < 1.29 is 9.59 Å². The Hall–Kier alpha value is -1.78. The molecule has 0 unspecified atom stereocenters. The second kappa shape index (κ2) is 5.25. The van der Waals surface area contributed by atoms with Gasteiger partial charge in [0, 0.05) is 52.0 Å². The predicted octanol–water partition coefficient (Wildman–Crippen LogP) is 0.719. The second-order valence-corrected chi connectivity index (χ2v) is 4.59. The summed E-state index contributed by atoms with van der Waals surface area (Å²) in [5, 5.41) is 0. The molecule has 0 bridgehead atoms. The molecule has 1 aromatic rings. The van der Waals surface area contributed by atoms with Crippen LogP contribution in [0.5, 0.6) is 0 Å². The Morgan fingerprint density at radius 1 is 1.17 bits per heavy atom. The lowest BCUT2D eigenvalue weighted by molar-refractivity contribution is -0.132. The van der Waals surface area contributed by atoms with Crippen LogP contribution in [0.15, 0.2) is 18.5 Å². The molecule has 5 nitrogen and oxygen atoms in total. The number of hydrogen-bond acceptors (Lipinski definition) is 2. The summed E-state index contributed by atoms with van der Waals surface area (Å²) in [6, 6.07) is 1.83. The Morgan fingerprint density at radius 3 is 2.28 bits per heavy atom. The SMILES string of the molecule is CCC(=O)N1CCN(C(=O)c2ccn(C)c2)CC1. The zero-order chi connectivity index (χ0) is 13.1. The highest BCUT2D eigenvalue weighted by Crippen LogP contribution is 2.09. The third-order valence-corrected chi connectivity index (χ3v) is 3.30. The summed E-state index contributed by atoms with van der Waals surface area (Å²) in [5.74, 6) is 0.223. The van der Waals surface area contributed by atoms with E-state index < -0.39 is 0 Å².